The molecule has 0 saturated heterocycles. The van der Waals surface area contributed by atoms with Gasteiger partial charge in [-0.3, -0.25) is 5.73 Å². The Labute approximate surface area is 121 Å². The van der Waals surface area contributed by atoms with E-state index < -0.39 is 48.5 Å². The van der Waals surface area contributed by atoms with Crippen LogP contribution >= 0.6 is 0 Å². The highest BCUT2D eigenvalue weighted by molar-refractivity contribution is 5.11. The summed E-state index contributed by atoms with van der Waals surface area (Å²) >= 11 is 0. The van der Waals surface area contributed by atoms with E-state index in [0.29, 0.717) is 0 Å². The molecule has 0 saturated carbocycles. The predicted octanol–water partition coefficient (Wildman–Crippen LogP) is 4.90. The van der Waals surface area contributed by atoms with Gasteiger partial charge in [-0.2, -0.15) is 48.3 Å². The molecule has 2 N–H and O–H groups in total. The van der Waals surface area contributed by atoms with Crippen LogP contribution in [-0.2, 0) is 0 Å². The minimum absolute atomic E-state index is 0.125. The molecule has 0 aromatic heterocycles. The largest absolute Gasteiger partial charge is 0.460 e. The van der Waals surface area contributed by atoms with Gasteiger partial charge in [-0.1, -0.05) is 13.3 Å². The first-order valence-corrected chi connectivity index (χ1v) is 5.87. The fourth-order valence-electron chi connectivity index (χ4n) is 1.42. The molecule has 0 amide bonds. The van der Waals surface area contributed by atoms with Gasteiger partial charge in [-0.25, -0.2) is 4.39 Å². The van der Waals surface area contributed by atoms with Gasteiger partial charge in [0.2, 0.25) is 5.79 Å². The molecule has 0 aliphatic heterocycles. The zero-order valence-corrected chi connectivity index (χ0v) is 11.2. The highest BCUT2D eigenvalue weighted by Gasteiger charge is 2.89. The topological polar surface area (TPSA) is 26.0 Å². The minimum atomic E-state index is -7.65. The maximum absolute atomic E-state index is 13.5. The third-order valence-electron chi connectivity index (χ3n) is 2.96. The smallest absolute Gasteiger partial charge is 0.294 e. The summed E-state index contributed by atoms with van der Waals surface area (Å²) in [5.41, 5.74) is 4.16. The van der Waals surface area contributed by atoms with Crippen molar-refractivity contribution < 1.29 is 52.7 Å². The molecule has 23 heavy (non-hydrogen) atoms. The van der Waals surface area contributed by atoms with Crippen LogP contribution < -0.4 is 5.73 Å². The summed E-state index contributed by atoms with van der Waals surface area (Å²) in [5, 5.41) is 0. The van der Waals surface area contributed by atoms with Gasteiger partial charge in [0.05, 0.1) is 0 Å². The second-order valence-electron chi connectivity index (χ2n) is 4.76. The van der Waals surface area contributed by atoms with Crippen molar-refractivity contribution in [3.05, 3.63) is 0 Å². The number of alkyl halides is 12. The molecule has 13 heteroatoms. The van der Waals surface area contributed by atoms with Gasteiger partial charge in [0, 0.05) is 6.42 Å². The third-order valence-corrected chi connectivity index (χ3v) is 2.96. The van der Waals surface area contributed by atoms with E-state index in [-0.39, 0.29) is 6.42 Å². The van der Waals surface area contributed by atoms with Crippen molar-refractivity contribution in [1.82, 2.24) is 0 Å². The molecule has 140 valence electrons. The van der Waals surface area contributed by atoms with Gasteiger partial charge in [-0.15, -0.1) is 0 Å². The Bertz CT molecular complexity index is 411. The van der Waals surface area contributed by atoms with Gasteiger partial charge in [-0.05, 0) is 6.42 Å². The van der Waals surface area contributed by atoms with E-state index in [1.807, 2.05) is 0 Å². The first-order chi connectivity index (χ1) is 9.81. The van der Waals surface area contributed by atoms with E-state index in [4.69, 9.17) is 0 Å². The van der Waals surface area contributed by atoms with E-state index in [1.54, 1.807) is 0 Å². The molecular weight excluding hydrogens is 362 g/mol. The van der Waals surface area contributed by atoms with Crippen LogP contribution in [0.25, 0.3) is 0 Å². The molecule has 0 aliphatic rings. The van der Waals surface area contributed by atoms with Gasteiger partial charge < -0.3 is 0 Å². The van der Waals surface area contributed by atoms with E-state index in [0.717, 1.165) is 0 Å². The van der Waals surface area contributed by atoms with Gasteiger partial charge in [0.25, 0.3) is 0 Å². The number of hydrogen-bond acceptors (Lipinski definition) is 1. The monoisotopic (exact) mass is 373 g/mol. The fraction of sp³-hybridized carbons (Fsp3) is 1.00. The Morgan fingerprint density at radius 2 is 0.957 bits per heavy atom. The quantitative estimate of drug-likeness (QED) is 0.498. The first-order valence-electron chi connectivity index (χ1n) is 5.87. The van der Waals surface area contributed by atoms with Crippen LogP contribution in [0.1, 0.15) is 26.2 Å². The van der Waals surface area contributed by atoms with E-state index in [2.05, 4.69) is 5.73 Å². The fourth-order valence-corrected chi connectivity index (χ4v) is 1.42. The Balaban J connectivity index is 6.03. The summed E-state index contributed by atoms with van der Waals surface area (Å²) in [5.74, 6) is -34.3. The maximum Gasteiger partial charge on any atom is 0.460 e. The number of halogens is 12. The predicted molar refractivity (Wildman–Crippen MR) is 53.4 cm³/mol. The zero-order valence-electron chi connectivity index (χ0n) is 11.2. The highest BCUT2D eigenvalue weighted by Crippen LogP contribution is 2.59. The second-order valence-corrected chi connectivity index (χ2v) is 4.76. The molecule has 1 unspecified atom stereocenters. The first kappa shape index (κ1) is 22.1. The molecule has 0 heterocycles. The summed E-state index contributed by atoms with van der Waals surface area (Å²) in [7, 11) is 0. The molecule has 0 spiro atoms. The van der Waals surface area contributed by atoms with E-state index in [9.17, 15) is 52.7 Å². The lowest BCUT2D eigenvalue weighted by Crippen LogP contribution is -2.72. The molecule has 1 atom stereocenters. The molecular formula is C10H11F12N. The lowest BCUT2D eigenvalue weighted by Gasteiger charge is -2.41. The van der Waals surface area contributed by atoms with Crippen molar-refractivity contribution in [3.8, 4) is 0 Å². The second kappa shape index (κ2) is 5.88. The Hall–Kier alpha value is -0.880. The molecule has 0 radical (unpaired) electrons. The minimum Gasteiger partial charge on any atom is -0.294 e. The van der Waals surface area contributed by atoms with Gasteiger partial charge in [0.15, 0.2) is 0 Å². The van der Waals surface area contributed by atoms with Crippen LogP contribution in [0.4, 0.5) is 52.7 Å². The normalized spacial score (nSPS) is 18.0. The lowest BCUT2D eigenvalue weighted by molar-refractivity contribution is -0.432. The summed E-state index contributed by atoms with van der Waals surface area (Å²) in [6, 6.07) is 0. The van der Waals surface area contributed by atoms with Crippen LogP contribution in [0, 0.1) is 0 Å². The molecule has 0 aliphatic carbocycles. The molecule has 0 fully saturated rings. The number of rotatable bonds is 7. The van der Waals surface area contributed by atoms with Crippen LogP contribution in [0.3, 0.4) is 0 Å². The molecule has 1 nitrogen and oxygen atoms in total. The van der Waals surface area contributed by atoms with Crippen LogP contribution in [0.5, 0.6) is 0 Å². The molecule has 0 aromatic rings. The van der Waals surface area contributed by atoms with Crippen molar-refractivity contribution in [3.63, 3.8) is 0 Å². The molecule has 0 rings (SSSR count). The van der Waals surface area contributed by atoms with Crippen molar-refractivity contribution >= 4 is 0 Å². The Morgan fingerprint density at radius 3 is 1.26 bits per heavy atom. The van der Waals surface area contributed by atoms with Gasteiger partial charge in [0.1, 0.15) is 0 Å². The summed E-state index contributed by atoms with van der Waals surface area (Å²) < 4.78 is 153. The highest BCUT2D eigenvalue weighted by atomic mass is 19.4. The standard InChI is InChI=1S/C10H11F12N/c1-2-3-4-5(11,23)6(12,13)7(14,15)8(16,17)9(18,19)10(20,21)22/h2-4,23H2,1H3. The molecule has 0 bridgehead atoms. The van der Waals surface area contributed by atoms with Crippen molar-refractivity contribution in [2.75, 3.05) is 0 Å². The van der Waals surface area contributed by atoms with Crippen LogP contribution in [0.2, 0.25) is 0 Å². The van der Waals surface area contributed by atoms with Gasteiger partial charge >= 0.3 is 29.9 Å². The average molecular weight is 373 g/mol. The van der Waals surface area contributed by atoms with Crippen LogP contribution in [0.15, 0.2) is 0 Å². The Kier molecular flexibility index (Phi) is 5.66. The number of unbranched alkanes of at least 4 members (excludes halogenated alkanes) is 1. The SMILES string of the molecule is CCCCC(N)(F)C(F)(F)C(F)(F)C(F)(F)C(F)(F)C(F)(F)F. The molecule has 0 aromatic carbocycles. The zero-order chi connectivity index (χ0) is 19.1. The van der Waals surface area contributed by atoms with E-state index in [1.165, 1.54) is 6.92 Å². The number of hydrogen-bond donors (Lipinski definition) is 1. The summed E-state index contributed by atoms with van der Waals surface area (Å²) in [4.78, 5) is 0. The lowest BCUT2D eigenvalue weighted by atomic mass is 9.89. The summed E-state index contributed by atoms with van der Waals surface area (Å²) in [6.45, 7) is 1.23. The van der Waals surface area contributed by atoms with E-state index >= 15 is 0 Å². The maximum atomic E-state index is 13.5. The van der Waals surface area contributed by atoms with Crippen molar-refractivity contribution in [1.29, 1.82) is 0 Å². The third kappa shape index (κ3) is 3.20. The van der Waals surface area contributed by atoms with Crippen molar-refractivity contribution in [2.24, 2.45) is 5.73 Å². The van der Waals surface area contributed by atoms with Crippen molar-refractivity contribution in [2.45, 2.75) is 61.8 Å². The number of nitrogens with two attached hydrogens (primary N) is 1. The Morgan fingerprint density at radius 1 is 0.609 bits per heavy atom. The summed E-state index contributed by atoms with van der Waals surface area (Å²) in [6.07, 6.45) is -9.72. The van der Waals surface area contributed by atoms with Crippen LogP contribution in [-0.4, -0.2) is 35.7 Å². The average Bonchev–Trinajstić information content (AvgIpc) is 2.34.